The van der Waals surface area contributed by atoms with Crippen LogP contribution in [-0.2, 0) is 10.0 Å². The van der Waals surface area contributed by atoms with E-state index in [1.54, 1.807) is 24.3 Å². The first kappa shape index (κ1) is 19.0. The summed E-state index contributed by atoms with van der Waals surface area (Å²) in [6.45, 7) is 3.85. The van der Waals surface area contributed by atoms with Crippen molar-refractivity contribution < 1.29 is 17.6 Å². The van der Waals surface area contributed by atoms with Crippen LogP contribution in [0.2, 0.25) is 0 Å². The molecule has 1 amide bonds. The van der Waals surface area contributed by atoms with Crippen LogP contribution in [0.15, 0.2) is 82.1 Å². The van der Waals surface area contributed by atoms with Gasteiger partial charge in [0, 0.05) is 10.9 Å². The van der Waals surface area contributed by atoms with E-state index in [1.807, 2.05) is 56.3 Å². The minimum absolute atomic E-state index is 0.0303. The predicted molar refractivity (Wildman–Crippen MR) is 112 cm³/mol. The standard InChI is InChI=1S/C23H19NO4S/c1-15-12-16(2)19-14-21(28-20(19)13-15)23(25)24-29(26,27)22-11-7-6-10-18(22)17-8-4-3-5-9-17/h3-14H,1-2H3,(H,24,25). The maximum atomic E-state index is 13.0. The molecule has 0 bridgehead atoms. The van der Waals surface area contributed by atoms with E-state index in [-0.39, 0.29) is 10.7 Å². The molecule has 4 rings (SSSR count). The van der Waals surface area contributed by atoms with E-state index in [4.69, 9.17) is 4.42 Å². The number of nitrogens with one attached hydrogen (secondary N) is 1. The van der Waals surface area contributed by atoms with Gasteiger partial charge in [0.1, 0.15) is 5.58 Å². The molecule has 0 aliphatic carbocycles. The number of aryl methyl sites for hydroxylation is 2. The fourth-order valence-electron chi connectivity index (χ4n) is 3.38. The number of carbonyl (C=O) groups is 1. The van der Waals surface area contributed by atoms with Crippen LogP contribution in [0, 0.1) is 13.8 Å². The Labute approximate surface area is 169 Å². The van der Waals surface area contributed by atoms with Crippen LogP contribution in [0.25, 0.3) is 22.1 Å². The quantitative estimate of drug-likeness (QED) is 0.527. The number of carbonyl (C=O) groups excluding carboxylic acids is 1. The predicted octanol–water partition coefficient (Wildman–Crippen LogP) is 4.84. The Morgan fingerprint density at radius 1 is 0.897 bits per heavy atom. The van der Waals surface area contributed by atoms with E-state index in [1.165, 1.54) is 6.07 Å². The number of rotatable bonds is 4. The molecule has 0 radical (unpaired) electrons. The second-order valence-electron chi connectivity index (χ2n) is 6.90. The lowest BCUT2D eigenvalue weighted by Gasteiger charge is -2.11. The van der Waals surface area contributed by atoms with Gasteiger partial charge in [0.05, 0.1) is 4.90 Å². The average molecular weight is 405 g/mol. The van der Waals surface area contributed by atoms with Gasteiger partial charge in [0.15, 0.2) is 5.76 Å². The Balaban J connectivity index is 1.70. The molecule has 0 unspecified atom stereocenters. The third kappa shape index (κ3) is 3.67. The van der Waals surface area contributed by atoms with Gasteiger partial charge < -0.3 is 4.42 Å². The minimum atomic E-state index is -4.10. The third-order valence-corrected chi connectivity index (χ3v) is 6.09. The highest BCUT2D eigenvalue weighted by atomic mass is 32.2. The topological polar surface area (TPSA) is 76.4 Å². The number of benzene rings is 3. The Bertz CT molecular complexity index is 1320. The number of hydrogen-bond acceptors (Lipinski definition) is 4. The van der Waals surface area contributed by atoms with Gasteiger partial charge in [-0.2, -0.15) is 0 Å². The van der Waals surface area contributed by atoms with E-state index >= 15 is 0 Å². The van der Waals surface area contributed by atoms with Gasteiger partial charge in [-0.15, -0.1) is 0 Å². The van der Waals surface area contributed by atoms with Gasteiger partial charge in [0.2, 0.25) is 0 Å². The minimum Gasteiger partial charge on any atom is -0.451 e. The van der Waals surface area contributed by atoms with Crippen molar-refractivity contribution in [2.45, 2.75) is 18.7 Å². The molecule has 0 aliphatic rings. The summed E-state index contributed by atoms with van der Waals surface area (Å²) >= 11 is 0. The highest BCUT2D eigenvalue weighted by molar-refractivity contribution is 7.90. The van der Waals surface area contributed by atoms with E-state index in [2.05, 4.69) is 4.72 Å². The molecule has 0 fully saturated rings. The SMILES string of the molecule is Cc1cc(C)c2cc(C(=O)NS(=O)(=O)c3ccccc3-c3ccccc3)oc2c1. The molecular weight excluding hydrogens is 386 g/mol. The summed E-state index contributed by atoms with van der Waals surface area (Å²) in [7, 11) is -4.10. The lowest BCUT2D eigenvalue weighted by atomic mass is 10.1. The summed E-state index contributed by atoms with van der Waals surface area (Å²) in [6, 6.07) is 21.1. The molecule has 3 aromatic carbocycles. The molecule has 6 heteroatoms. The van der Waals surface area contributed by atoms with Crippen LogP contribution in [0.4, 0.5) is 0 Å². The summed E-state index contributed by atoms with van der Waals surface area (Å²) in [6.07, 6.45) is 0. The molecule has 0 saturated heterocycles. The molecule has 1 heterocycles. The monoisotopic (exact) mass is 405 g/mol. The second kappa shape index (κ2) is 7.22. The highest BCUT2D eigenvalue weighted by Gasteiger charge is 2.24. The molecular formula is C23H19NO4S. The molecule has 0 aliphatic heterocycles. The van der Waals surface area contributed by atoms with Crippen molar-refractivity contribution in [2.75, 3.05) is 0 Å². The number of amides is 1. The van der Waals surface area contributed by atoms with Gasteiger partial charge in [0.25, 0.3) is 10.0 Å². The summed E-state index contributed by atoms with van der Waals surface area (Å²) < 4.78 is 33.7. The lowest BCUT2D eigenvalue weighted by molar-refractivity contribution is 0.0956. The van der Waals surface area contributed by atoms with Gasteiger partial charge in [-0.25, -0.2) is 13.1 Å². The lowest BCUT2D eigenvalue weighted by Crippen LogP contribution is -2.30. The molecule has 0 saturated carbocycles. The fraction of sp³-hybridized carbons (Fsp3) is 0.0870. The van der Waals surface area contributed by atoms with Crippen molar-refractivity contribution in [3.63, 3.8) is 0 Å². The number of sulfonamides is 1. The van der Waals surface area contributed by atoms with Crippen molar-refractivity contribution >= 4 is 26.9 Å². The van der Waals surface area contributed by atoms with E-state index < -0.39 is 15.9 Å². The molecule has 0 atom stereocenters. The van der Waals surface area contributed by atoms with Crippen LogP contribution in [-0.4, -0.2) is 14.3 Å². The zero-order chi connectivity index (χ0) is 20.6. The molecule has 5 nitrogen and oxygen atoms in total. The third-order valence-electron chi connectivity index (χ3n) is 4.70. The summed E-state index contributed by atoms with van der Waals surface area (Å²) in [5.41, 5.74) is 3.77. The van der Waals surface area contributed by atoms with E-state index in [0.29, 0.717) is 11.1 Å². The Morgan fingerprint density at radius 3 is 2.34 bits per heavy atom. The van der Waals surface area contributed by atoms with E-state index in [0.717, 1.165) is 22.1 Å². The summed E-state index contributed by atoms with van der Waals surface area (Å²) in [5, 5.41) is 0.780. The fourth-order valence-corrected chi connectivity index (χ4v) is 4.57. The highest BCUT2D eigenvalue weighted by Crippen LogP contribution is 2.28. The normalized spacial score (nSPS) is 11.5. The largest absolute Gasteiger partial charge is 0.451 e. The Kier molecular flexibility index (Phi) is 4.72. The number of furan rings is 1. The number of hydrogen-bond donors (Lipinski definition) is 1. The molecule has 1 aromatic heterocycles. The molecule has 0 spiro atoms. The average Bonchev–Trinajstić information content (AvgIpc) is 3.13. The summed E-state index contributed by atoms with van der Waals surface area (Å²) in [4.78, 5) is 12.7. The zero-order valence-corrected chi connectivity index (χ0v) is 16.8. The first-order valence-electron chi connectivity index (χ1n) is 9.07. The van der Waals surface area contributed by atoms with Gasteiger partial charge >= 0.3 is 5.91 Å². The van der Waals surface area contributed by atoms with Gasteiger partial charge in [-0.05, 0) is 48.7 Å². The summed E-state index contributed by atoms with van der Waals surface area (Å²) in [5.74, 6) is -0.851. The Hall–Kier alpha value is -3.38. The van der Waals surface area contributed by atoms with Crippen molar-refractivity contribution in [1.82, 2.24) is 4.72 Å². The smallest absolute Gasteiger partial charge is 0.300 e. The van der Waals surface area contributed by atoms with Gasteiger partial charge in [-0.1, -0.05) is 54.6 Å². The van der Waals surface area contributed by atoms with Gasteiger partial charge in [-0.3, -0.25) is 4.79 Å². The molecule has 1 N–H and O–H groups in total. The van der Waals surface area contributed by atoms with Crippen molar-refractivity contribution in [3.05, 3.63) is 89.7 Å². The Morgan fingerprint density at radius 2 is 1.59 bits per heavy atom. The first-order valence-corrected chi connectivity index (χ1v) is 10.6. The van der Waals surface area contributed by atoms with Crippen LogP contribution in [0.3, 0.4) is 0 Å². The number of fused-ring (bicyclic) bond motifs is 1. The molecule has 4 aromatic rings. The maximum absolute atomic E-state index is 13.0. The van der Waals surface area contributed by atoms with Crippen LogP contribution in [0.5, 0.6) is 0 Å². The van der Waals surface area contributed by atoms with Crippen LogP contribution >= 0.6 is 0 Å². The van der Waals surface area contributed by atoms with Crippen molar-refractivity contribution in [1.29, 1.82) is 0 Å². The van der Waals surface area contributed by atoms with Crippen molar-refractivity contribution in [2.24, 2.45) is 0 Å². The maximum Gasteiger partial charge on any atom is 0.300 e. The van der Waals surface area contributed by atoms with Crippen LogP contribution in [0.1, 0.15) is 21.7 Å². The second-order valence-corrected chi connectivity index (χ2v) is 8.55. The first-order chi connectivity index (χ1) is 13.8. The van der Waals surface area contributed by atoms with Crippen LogP contribution < -0.4 is 4.72 Å². The van der Waals surface area contributed by atoms with E-state index in [9.17, 15) is 13.2 Å². The zero-order valence-electron chi connectivity index (χ0n) is 16.0. The van der Waals surface area contributed by atoms with Crippen molar-refractivity contribution in [3.8, 4) is 11.1 Å². The molecule has 29 heavy (non-hydrogen) atoms. The molecule has 146 valence electrons.